The van der Waals surface area contributed by atoms with Gasteiger partial charge in [-0.25, -0.2) is 4.98 Å². The summed E-state index contributed by atoms with van der Waals surface area (Å²) < 4.78 is 2.12. The molecule has 0 unspecified atom stereocenters. The van der Waals surface area contributed by atoms with Crippen molar-refractivity contribution in [3.05, 3.63) is 43.2 Å². The second kappa shape index (κ2) is 5.29. The van der Waals surface area contributed by atoms with Gasteiger partial charge in [0, 0.05) is 13.8 Å². The summed E-state index contributed by atoms with van der Waals surface area (Å²) >= 11 is 8.73. The summed E-state index contributed by atoms with van der Waals surface area (Å²) in [6, 6.07) is 6.04. The van der Waals surface area contributed by atoms with Crippen LogP contribution in [-0.2, 0) is 6.54 Å². The lowest BCUT2D eigenvalue weighted by Gasteiger charge is -2.09. The van der Waals surface area contributed by atoms with E-state index in [1.165, 1.54) is 4.88 Å². The van der Waals surface area contributed by atoms with Gasteiger partial charge in [-0.15, -0.1) is 11.3 Å². The molecule has 1 heterocycles. The van der Waals surface area contributed by atoms with Gasteiger partial charge >= 0.3 is 0 Å². The molecule has 0 saturated heterocycles. The average Bonchev–Trinajstić information content (AvgIpc) is 2.64. The Morgan fingerprint density at radius 1 is 1.31 bits per heavy atom. The highest BCUT2D eigenvalue weighted by Crippen LogP contribution is 2.31. The van der Waals surface area contributed by atoms with Crippen LogP contribution in [0.1, 0.15) is 10.6 Å². The van der Waals surface area contributed by atoms with E-state index >= 15 is 0 Å². The van der Waals surface area contributed by atoms with Crippen LogP contribution >= 0.6 is 43.2 Å². The van der Waals surface area contributed by atoms with Gasteiger partial charge in [0.15, 0.2) is 0 Å². The zero-order chi connectivity index (χ0) is 11.5. The fraction of sp³-hybridized carbons (Fsp3) is 0.182. The van der Waals surface area contributed by atoms with E-state index in [4.69, 9.17) is 0 Å². The molecule has 2 aromatic rings. The first-order valence-corrected chi connectivity index (χ1v) is 7.22. The fourth-order valence-corrected chi connectivity index (χ4v) is 3.33. The summed E-state index contributed by atoms with van der Waals surface area (Å²) in [7, 11) is 0. The lowest BCUT2D eigenvalue weighted by Crippen LogP contribution is -2.00. The number of thiazole rings is 1. The number of benzene rings is 1. The quantitative estimate of drug-likeness (QED) is 0.864. The lowest BCUT2D eigenvalue weighted by molar-refractivity contribution is 1.12. The summed E-state index contributed by atoms with van der Waals surface area (Å²) in [5.74, 6) is 0. The van der Waals surface area contributed by atoms with Gasteiger partial charge in [-0.1, -0.05) is 6.07 Å². The van der Waals surface area contributed by atoms with Gasteiger partial charge in [0.2, 0.25) is 0 Å². The maximum Gasteiger partial charge on any atom is 0.0798 e. The maximum atomic E-state index is 4.23. The van der Waals surface area contributed by atoms with E-state index in [0.717, 1.165) is 26.9 Å². The molecule has 2 nitrogen and oxygen atoms in total. The van der Waals surface area contributed by atoms with Crippen LogP contribution in [0.5, 0.6) is 0 Å². The van der Waals surface area contributed by atoms with Gasteiger partial charge in [-0.3, -0.25) is 0 Å². The molecule has 0 saturated carbocycles. The fourth-order valence-electron chi connectivity index (χ4n) is 1.33. The third-order valence-electron chi connectivity index (χ3n) is 2.23. The Hall–Kier alpha value is -0.390. The van der Waals surface area contributed by atoms with Crippen molar-refractivity contribution in [2.24, 2.45) is 0 Å². The molecule has 0 atom stereocenters. The molecule has 2 rings (SSSR count). The second-order valence-corrected chi connectivity index (χ2v) is 5.96. The van der Waals surface area contributed by atoms with Crippen molar-refractivity contribution >= 4 is 48.9 Å². The molecule has 16 heavy (non-hydrogen) atoms. The number of hydrogen-bond donors (Lipinski definition) is 1. The third kappa shape index (κ3) is 2.64. The summed E-state index contributed by atoms with van der Waals surface area (Å²) in [6.07, 6.45) is 0. The molecule has 84 valence electrons. The number of hydrogen-bond acceptors (Lipinski definition) is 3. The van der Waals surface area contributed by atoms with Gasteiger partial charge in [0.1, 0.15) is 0 Å². The molecule has 0 spiro atoms. The normalized spacial score (nSPS) is 10.4. The van der Waals surface area contributed by atoms with Crippen LogP contribution in [0.3, 0.4) is 0 Å². The number of rotatable bonds is 3. The van der Waals surface area contributed by atoms with Crippen molar-refractivity contribution in [1.82, 2.24) is 4.98 Å². The minimum absolute atomic E-state index is 0.803. The first kappa shape index (κ1) is 12.1. The van der Waals surface area contributed by atoms with E-state index in [1.54, 1.807) is 11.3 Å². The Morgan fingerprint density at radius 2 is 2.00 bits per heavy atom. The minimum atomic E-state index is 0.803. The van der Waals surface area contributed by atoms with Gasteiger partial charge in [0.05, 0.1) is 23.4 Å². The Balaban J connectivity index is 2.14. The largest absolute Gasteiger partial charge is 0.378 e. The van der Waals surface area contributed by atoms with Crippen LogP contribution in [0, 0.1) is 6.92 Å². The van der Waals surface area contributed by atoms with E-state index < -0.39 is 0 Å². The summed E-state index contributed by atoms with van der Waals surface area (Å²) in [4.78, 5) is 5.50. The van der Waals surface area contributed by atoms with Crippen LogP contribution < -0.4 is 5.32 Å². The van der Waals surface area contributed by atoms with Crippen molar-refractivity contribution in [3.63, 3.8) is 0 Å². The number of nitrogens with zero attached hydrogens (tertiary/aromatic N) is 1. The Morgan fingerprint density at radius 3 is 2.56 bits per heavy atom. The van der Waals surface area contributed by atoms with E-state index in [1.807, 2.05) is 30.6 Å². The molecule has 5 heteroatoms. The van der Waals surface area contributed by atoms with Crippen molar-refractivity contribution in [3.8, 4) is 0 Å². The van der Waals surface area contributed by atoms with Gasteiger partial charge in [-0.2, -0.15) is 0 Å². The Labute approximate surface area is 115 Å². The number of anilines is 1. The topological polar surface area (TPSA) is 24.9 Å². The Bertz CT molecular complexity index is 476. The van der Waals surface area contributed by atoms with Crippen molar-refractivity contribution < 1.29 is 0 Å². The molecule has 0 radical (unpaired) electrons. The zero-order valence-corrected chi connectivity index (χ0v) is 12.6. The molecule has 0 aliphatic heterocycles. The van der Waals surface area contributed by atoms with Crippen LogP contribution in [0.4, 0.5) is 5.69 Å². The first-order chi connectivity index (χ1) is 7.68. The van der Waals surface area contributed by atoms with Crippen LogP contribution in [-0.4, -0.2) is 4.98 Å². The number of aryl methyl sites for hydroxylation is 1. The SMILES string of the molecule is Cc1ncsc1CNc1c(Br)cccc1Br. The van der Waals surface area contributed by atoms with Crippen molar-refractivity contribution in [1.29, 1.82) is 0 Å². The lowest BCUT2D eigenvalue weighted by atomic mass is 10.3. The molecular formula is C11H10Br2N2S. The Kier molecular flexibility index (Phi) is 4.00. The van der Waals surface area contributed by atoms with Crippen LogP contribution in [0.25, 0.3) is 0 Å². The number of aromatic nitrogens is 1. The first-order valence-electron chi connectivity index (χ1n) is 4.75. The standard InChI is InChI=1S/C11H10Br2N2S/c1-7-10(16-6-15-7)5-14-11-8(12)3-2-4-9(11)13/h2-4,6,14H,5H2,1H3. The van der Waals surface area contributed by atoms with E-state index in [9.17, 15) is 0 Å². The number of halogens is 2. The number of nitrogens with one attached hydrogen (secondary N) is 1. The molecule has 0 amide bonds. The highest BCUT2D eigenvalue weighted by atomic mass is 79.9. The maximum absolute atomic E-state index is 4.23. The van der Waals surface area contributed by atoms with Gasteiger partial charge in [0.25, 0.3) is 0 Å². The molecular weight excluding hydrogens is 352 g/mol. The smallest absolute Gasteiger partial charge is 0.0798 e. The monoisotopic (exact) mass is 360 g/mol. The van der Waals surface area contributed by atoms with E-state index in [-0.39, 0.29) is 0 Å². The predicted octanol–water partition coefficient (Wildman–Crippen LogP) is 4.59. The average molecular weight is 362 g/mol. The third-order valence-corrected chi connectivity index (χ3v) is 4.49. The molecule has 0 aliphatic rings. The van der Waals surface area contributed by atoms with Crippen molar-refractivity contribution in [2.75, 3.05) is 5.32 Å². The summed E-state index contributed by atoms with van der Waals surface area (Å²) in [6.45, 7) is 2.83. The molecule has 1 N–H and O–H groups in total. The molecule has 0 aliphatic carbocycles. The highest BCUT2D eigenvalue weighted by molar-refractivity contribution is 9.11. The van der Waals surface area contributed by atoms with Crippen LogP contribution in [0.15, 0.2) is 32.7 Å². The molecule has 0 fully saturated rings. The summed E-state index contributed by atoms with van der Waals surface area (Å²) in [5, 5.41) is 3.40. The zero-order valence-electron chi connectivity index (χ0n) is 8.63. The molecule has 1 aromatic carbocycles. The van der Waals surface area contributed by atoms with Gasteiger partial charge in [-0.05, 0) is 50.9 Å². The molecule has 1 aromatic heterocycles. The predicted molar refractivity (Wildman–Crippen MR) is 76.0 cm³/mol. The number of para-hydroxylation sites is 1. The van der Waals surface area contributed by atoms with Gasteiger partial charge < -0.3 is 5.32 Å². The highest BCUT2D eigenvalue weighted by Gasteiger charge is 2.06. The van der Waals surface area contributed by atoms with E-state index in [2.05, 4.69) is 42.2 Å². The van der Waals surface area contributed by atoms with E-state index in [0.29, 0.717) is 0 Å². The minimum Gasteiger partial charge on any atom is -0.378 e. The van der Waals surface area contributed by atoms with Crippen molar-refractivity contribution in [2.45, 2.75) is 13.5 Å². The molecule has 0 bridgehead atoms. The van der Waals surface area contributed by atoms with Crippen LogP contribution in [0.2, 0.25) is 0 Å². The second-order valence-electron chi connectivity index (χ2n) is 3.31. The summed E-state index contributed by atoms with van der Waals surface area (Å²) in [5.41, 5.74) is 4.05.